The first-order valence-electron chi connectivity index (χ1n) is 5.95. The van der Waals surface area contributed by atoms with E-state index in [1.807, 2.05) is 0 Å². The van der Waals surface area contributed by atoms with Crippen LogP contribution in [0.4, 0.5) is 26.3 Å². The molecule has 120 valence electrons. The van der Waals surface area contributed by atoms with Crippen molar-refractivity contribution in [3.8, 4) is 0 Å². The maximum absolute atomic E-state index is 12.8. The molecule has 0 aliphatic rings. The van der Waals surface area contributed by atoms with Gasteiger partial charge in [-0.05, 0) is 18.8 Å². The highest BCUT2D eigenvalue weighted by Crippen LogP contribution is 2.53. The van der Waals surface area contributed by atoms with E-state index in [4.69, 9.17) is 0 Å². The number of hydrogen-bond donors (Lipinski definition) is 0. The molecule has 0 unspecified atom stereocenters. The molecule has 0 fully saturated rings. The molecule has 0 bridgehead atoms. The quantitative estimate of drug-likeness (QED) is 0.567. The number of alkyl halides is 6. The number of hydrogen-bond acceptors (Lipinski definition) is 2. The van der Waals surface area contributed by atoms with Crippen molar-refractivity contribution in [3.63, 3.8) is 0 Å². The molecule has 0 aliphatic heterocycles. The van der Waals surface area contributed by atoms with Crippen molar-refractivity contribution in [1.82, 2.24) is 0 Å². The van der Waals surface area contributed by atoms with Crippen LogP contribution < -0.4 is 0 Å². The second-order valence-electron chi connectivity index (χ2n) is 5.67. The summed E-state index contributed by atoms with van der Waals surface area (Å²) in [6.07, 6.45) is -14.1. The Hall–Kier alpha value is -0.950. The Morgan fingerprint density at radius 1 is 1.00 bits per heavy atom. The predicted octanol–water partition coefficient (Wildman–Crippen LogP) is 4.49. The van der Waals surface area contributed by atoms with Crippen LogP contribution in [-0.2, 0) is 9.53 Å². The number of rotatable bonds is 3. The maximum Gasteiger partial charge on any atom is 0.413 e. The summed E-state index contributed by atoms with van der Waals surface area (Å²) >= 11 is 0. The lowest BCUT2D eigenvalue weighted by molar-refractivity contribution is -0.335. The minimum Gasteiger partial charge on any atom is -0.461 e. The van der Waals surface area contributed by atoms with E-state index in [1.165, 1.54) is 6.92 Å². The first kappa shape index (κ1) is 19.1. The largest absolute Gasteiger partial charge is 0.461 e. The number of esters is 1. The average molecular weight is 308 g/mol. The molecule has 0 rings (SSSR count). The van der Waals surface area contributed by atoms with Crippen LogP contribution in [0.2, 0.25) is 0 Å². The highest BCUT2D eigenvalue weighted by atomic mass is 19.4. The van der Waals surface area contributed by atoms with Crippen LogP contribution in [0.25, 0.3) is 0 Å². The molecule has 1 atom stereocenters. The molecule has 2 nitrogen and oxygen atoms in total. The van der Waals surface area contributed by atoms with E-state index in [9.17, 15) is 31.1 Å². The van der Waals surface area contributed by atoms with Gasteiger partial charge < -0.3 is 4.74 Å². The maximum atomic E-state index is 12.8. The van der Waals surface area contributed by atoms with Crippen LogP contribution in [0.1, 0.15) is 41.0 Å². The highest BCUT2D eigenvalue weighted by molar-refractivity contribution is 5.79. The second-order valence-corrected chi connectivity index (χ2v) is 5.67. The molecule has 0 radical (unpaired) electrons. The molecule has 0 aromatic heterocycles. The minimum absolute atomic E-state index is 0.657. The summed E-state index contributed by atoms with van der Waals surface area (Å²) < 4.78 is 81.5. The summed E-state index contributed by atoms with van der Waals surface area (Å²) in [4.78, 5) is 11.6. The van der Waals surface area contributed by atoms with E-state index in [-0.39, 0.29) is 0 Å². The Bertz CT molecular complexity index is 336. The number of carbonyl (C=O) groups excluding carboxylic acids is 1. The van der Waals surface area contributed by atoms with Crippen LogP contribution in [-0.4, -0.2) is 24.4 Å². The van der Waals surface area contributed by atoms with Crippen molar-refractivity contribution < 1.29 is 35.9 Å². The number of halogens is 6. The minimum atomic E-state index is -5.77. The molecule has 0 N–H and O–H groups in total. The summed E-state index contributed by atoms with van der Waals surface area (Å²) in [5.41, 5.74) is -5.26. The summed E-state index contributed by atoms with van der Waals surface area (Å²) in [7, 11) is 0. The van der Waals surface area contributed by atoms with Crippen LogP contribution >= 0.6 is 0 Å². The summed E-state index contributed by atoms with van der Waals surface area (Å²) in [5, 5.41) is 0. The molecule has 20 heavy (non-hydrogen) atoms. The Kier molecular flexibility index (Phi) is 5.18. The van der Waals surface area contributed by atoms with Crippen molar-refractivity contribution in [3.05, 3.63) is 0 Å². The zero-order valence-corrected chi connectivity index (χ0v) is 11.9. The molecule has 0 amide bonds. The van der Waals surface area contributed by atoms with Gasteiger partial charge in [-0.25, -0.2) is 0 Å². The van der Waals surface area contributed by atoms with Crippen LogP contribution in [0.5, 0.6) is 0 Å². The average Bonchev–Trinajstić information content (AvgIpc) is 2.12. The summed E-state index contributed by atoms with van der Waals surface area (Å²) in [6, 6.07) is 0. The fourth-order valence-electron chi connectivity index (χ4n) is 1.38. The van der Waals surface area contributed by atoms with Gasteiger partial charge in [-0.3, -0.25) is 4.79 Å². The van der Waals surface area contributed by atoms with Gasteiger partial charge in [0.1, 0.15) is 6.10 Å². The SMILES string of the molecule is CCC(C(=O)O[C@@H](C)C(C)(C)C)(C(F)(F)F)C(F)(F)F. The van der Waals surface area contributed by atoms with E-state index in [2.05, 4.69) is 4.74 Å². The van der Waals surface area contributed by atoms with Crippen molar-refractivity contribution >= 4 is 5.97 Å². The monoisotopic (exact) mass is 308 g/mol. The van der Waals surface area contributed by atoms with E-state index >= 15 is 0 Å². The van der Waals surface area contributed by atoms with Crippen molar-refractivity contribution in [1.29, 1.82) is 0 Å². The zero-order chi connectivity index (χ0) is 16.6. The van der Waals surface area contributed by atoms with Crippen LogP contribution in [0.15, 0.2) is 0 Å². The molecule has 0 aromatic rings. The fourth-order valence-corrected chi connectivity index (χ4v) is 1.38. The van der Waals surface area contributed by atoms with Crippen molar-refractivity contribution in [2.45, 2.75) is 59.5 Å². The van der Waals surface area contributed by atoms with Gasteiger partial charge >= 0.3 is 18.3 Å². The van der Waals surface area contributed by atoms with Crippen LogP contribution in [0, 0.1) is 10.8 Å². The third-order valence-corrected chi connectivity index (χ3v) is 3.35. The Morgan fingerprint density at radius 2 is 1.35 bits per heavy atom. The predicted molar refractivity (Wildman–Crippen MR) is 59.8 cm³/mol. The van der Waals surface area contributed by atoms with Gasteiger partial charge in [-0.15, -0.1) is 0 Å². The molecular weight excluding hydrogens is 290 g/mol. The van der Waals surface area contributed by atoms with E-state index in [0.29, 0.717) is 6.92 Å². The first-order valence-corrected chi connectivity index (χ1v) is 5.95. The molecule has 0 aromatic carbocycles. The topological polar surface area (TPSA) is 26.3 Å². The lowest BCUT2D eigenvalue weighted by Crippen LogP contribution is -2.56. The highest BCUT2D eigenvalue weighted by Gasteiger charge is 2.75. The van der Waals surface area contributed by atoms with Gasteiger partial charge in [-0.1, -0.05) is 27.7 Å². The van der Waals surface area contributed by atoms with E-state index < -0.39 is 41.7 Å². The van der Waals surface area contributed by atoms with Crippen LogP contribution in [0.3, 0.4) is 0 Å². The van der Waals surface area contributed by atoms with Crippen molar-refractivity contribution in [2.75, 3.05) is 0 Å². The number of ether oxygens (including phenoxy) is 1. The Balaban J connectivity index is 5.65. The zero-order valence-electron chi connectivity index (χ0n) is 11.9. The molecule has 0 saturated heterocycles. The number of carbonyl (C=O) groups is 1. The third-order valence-electron chi connectivity index (χ3n) is 3.35. The first-order chi connectivity index (χ1) is 8.61. The standard InChI is InChI=1S/C12H18F6O2/c1-6-10(11(13,14)15,12(16,17)18)8(19)20-7(2)9(3,4)5/h7H,6H2,1-5H3/t7-/m0/s1. The lowest BCUT2D eigenvalue weighted by Gasteiger charge is -2.36. The normalized spacial score (nSPS) is 15.9. The molecule has 0 aliphatic carbocycles. The molecular formula is C12H18F6O2. The van der Waals surface area contributed by atoms with E-state index in [0.717, 1.165) is 0 Å². The smallest absolute Gasteiger partial charge is 0.413 e. The lowest BCUT2D eigenvalue weighted by atomic mass is 9.82. The Morgan fingerprint density at radius 3 is 1.55 bits per heavy atom. The van der Waals surface area contributed by atoms with E-state index in [1.54, 1.807) is 20.8 Å². The van der Waals surface area contributed by atoms with Gasteiger partial charge in [0, 0.05) is 0 Å². The van der Waals surface area contributed by atoms with Gasteiger partial charge in [0.2, 0.25) is 0 Å². The van der Waals surface area contributed by atoms with Gasteiger partial charge in [0.15, 0.2) is 0 Å². The summed E-state index contributed by atoms with van der Waals surface area (Å²) in [5.74, 6) is -2.30. The second kappa shape index (κ2) is 5.44. The third kappa shape index (κ3) is 3.38. The van der Waals surface area contributed by atoms with Gasteiger partial charge in [-0.2, -0.15) is 26.3 Å². The molecule has 0 heterocycles. The van der Waals surface area contributed by atoms with Crippen molar-refractivity contribution in [2.24, 2.45) is 10.8 Å². The molecule has 0 saturated carbocycles. The van der Waals surface area contributed by atoms with Gasteiger partial charge in [0.05, 0.1) is 0 Å². The molecule has 0 spiro atoms. The Labute approximate surface area is 113 Å². The molecule has 8 heteroatoms. The fraction of sp³-hybridized carbons (Fsp3) is 0.917. The summed E-state index contributed by atoms with van der Waals surface area (Å²) in [6.45, 7) is 6.54. The van der Waals surface area contributed by atoms with Gasteiger partial charge in [0.25, 0.3) is 5.41 Å².